The lowest BCUT2D eigenvalue weighted by atomic mass is 10.0. The number of hydrogen-bond donors (Lipinski definition) is 0. The average molecular weight is 412 g/mol. The van der Waals surface area contributed by atoms with E-state index in [0.29, 0.717) is 29.9 Å². The van der Waals surface area contributed by atoms with Crippen LogP contribution in [0, 0.1) is 12.8 Å². The molecule has 0 saturated heterocycles. The average Bonchev–Trinajstić information content (AvgIpc) is 3.26. The number of aromatic nitrogens is 6. The van der Waals surface area contributed by atoms with E-state index in [2.05, 4.69) is 15.1 Å². The molecule has 0 amide bonds. The van der Waals surface area contributed by atoms with Gasteiger partial charge >= 0.3 is 5.97 Å². The highest BCUT2D eigenvalue weighted by Crippen LogP contribution is 2.29. The standard InChI is InChI=1S/C21H28N6O3/c1-4-30-20(28)16-11-22-27(13-16)21-23-17-14(2)25-26(18(17)19(24-21)29-3)12-15-9-7-5-6-8-10-15/h11,13,15H,4-10,12H2,1-3H3. The van der Waals surface area contributed by atoms with Crippen molar-refractivity contribution in [1.82, 2.24) is 29.5 Å². The predicted octanol–water partition coefficient (Wildman–Crippen LogP) is 3.48. The summed E-state index contributed by atoms with van der Waals surface area (Å²) in [7, 11) is 1.59. The van der Waals surface area contributed by atoms with Crippen molar-refractivity contribution >= 4 is 17.0 Å². The highest BCUT2D eigenvalue weighted by molar-refractivity contribution is 5.89. The highest BCUT2D eigenvalue weighted by Gasteiger charge is 2.22. The molecule has 3 heterocycles. The van der Waals surface area contributed by atoms with E-state index in [-0.39, 0.29) is 0 Å². The molecule has 0 unspecified atom stereocenters. The first kappa shape index (κ1) is 20.3. The molecular weight excluding hydrogens is 384 g/mol. The Bertz CT molecular complexity index is 1030. The Morgan fingerprint density at radius 1 is 1.20 bits per heavy atom. The smallest absolute Gasteiger partial charge is 0.341 e. The fourth-order valence-electron chi connectivity index (χ4n) is 4.11. The molecule has 9 nitrogen and oxygen atoms in total. The van der Waals surface area contributed by atoms with Gasteiger partial charge in [-0.05, 0) is 32.6 Å². The van der Waals surface area contributed by atoms with Crippen LogP contribution in [0.4, 0.5) is 0 Å². The van der Waals surface area contributed by atoms with Gasteiger partial charge in [-0.3, -0.25) is 4.68 Å². The molecular formula is C21H28N6O3. The summed E-state index contributed by atoms with van der Waals surface area (Å²) in [6.07, 6.45) is 10.7. The SMILES string of the molecule is CCOC(=O)c1cnn(-c2nc(OC)c3c(n2)c(C)nn3CC2CCCCCC2)c1. The van der Waals surface area contributed by atoms with Crippen LogP contribution >= 0.6 is 0 Å². The molecule has 1 aliphatic rings. The van der Waals surface area contributed by atoms with E-state index in [1.807, 2.05) is 11.6 Å². The van der Waals surface area contributed by atoms with Crippen molar-refractivity contribution in [2.24, 2.45) is 5.92 Å². The molecule has 3 aromatic rings. The predicted molar refractivity (Wildman–Crippen MR) is 111 cm³/mol. The highest BCUT2D eigenvalue weighted by atomic mass is 16.5. The van der Waals surface area contributed by atoms with Crippen molar-refractivity contribution in [3.05, 3.63) is 23.7 Å². The Morgan fingerprint density at radius 3 is 2.67 bits per heavy atom. The normalized spacial score (nSPS) is 15.3. The number of ether oxygens (including phenoxy) is 2. The van der Waals surface area contributed by atoms with Gasteiger partial charge in [-0.15, -0.1) is 0 Å². The third kappa shape index (κ3) is 4.01. The molecule has 1 aliphatic carbocycles. The second-order valence-corrected chi connectivity index (χ2v) is 7.75. The van der Waals surface area contributed by atoms with Crippen LogP contribution in [-0.2, 0) is 11.3 Å². The molecule has 9 heteroatoms. The van der Waals surface area contributed by atoms with Crippen LogP contribution in [0.3, 0.4) is 0 Å². The molecule has 0 radical (unpaired) electrons. The monoisotopic (exact) mass is 412 g/mol. The van der Waals surface area contributed by atoms with Crippen LogP contribution in [0.5, 0.6) is 5.88 Å². The Kier molecular flexibility index (Phi) is 5.96. The van der Waals surface area contributed by atoms with Gasteiger partial charge in [0.05, 0.1) is 31.2 Å². The van der Waals surface area contributed by atoms with E-state index < -0.39 is 5.97 Å². The Morgan fingerprint density at radius 2 is 1.97 bits per heavy atom. The van der Waals surface area contributed by atoms with Crippen molar-refractivity contribution < 1.29 is 14.3 Å². The number of carbonyl (C=O) groups excluding carboxylic acids is 1. The van der Waals surface area contributed by atoms with E-state index in [4.69, 9.17) is 14.6 Å². The van der Waals surface area contributed by atoms with Crippen LogP contribution in [0.1, 0.15) is 61.5 Å². The summed E-state index contributed by atoms with van der Waals surface area (Å²) in [6, 6.07) is 0. The Balaban J connectivity index is 1.69. The number of hydrogen-bond acceptors (Lipinski definition) is 7. The topological polar surface area (TPSA) is 96.9 Å². The quantitative estimate of drug-likeness (QED) is 0.452. The van der Waals surface area contributed by atoms with Gasteiger partial charge in [-0.25, -0.2) is 14.5 Å². The van der Waals surface area contributed by atoms with Gasteiger partial charge in [0.1, 0.15) is 11.0 Å². The van der Waals surface area contributed by atoms with Crippen molar-refractivity contribution in [3.8, 4) is 11.8 Å². The molecule has 4 rings (SSSR count). The maximum atomic E-state index is 11.9. The molecule has 3 aromatic heterocycles. The number of nitrogens with zero attached hydrogens (tertiary/aromatic N) is 6. The van der Waals surface area contributed by atoms with E-state index in [9.17, 15) is 4.79 Å². The second-order valence-electron chi connectivity index (χ2n) is 7.75. The van der Waals surface area contributed by atoms with Crippen molar-refractivity contribution in [3.63, 3.8) is 0 Å². The number of esters is 1. The van der Waals surface area contributed by atoms with Gasteiger partial charge in [0.15, 0.2) is 0 Å². The molecule has 0 atom stereocenters. The van der Waals surface area contributed by atoms with E-state index in [0.717, 1.165) is 23.3 Å². The summed E-state index contributed by atoms with van der Waals surface area (Å²) >= 11 is 0. The zero-order valence-corrected chi connectivity index (χ0v) is 17.8. The first-order valence-electron chi connectivity index (χ1n) is 10.6. The molecule has 1 fully saturated rings. The van der Waals surface area contributed by atoms with Crippen LogP contribution in [-0.4, -0.2) is 49.2 Å². The molecule has 1 saturated carbocycles. The lowest BCUT2D eigenvalue weighted by molar-refractivity contribution is 0.0526. The maximum Gasteiger partial charge on any atom is 0.341 e. The van der Waals surface area contributed by atoms with Gasteiger partial charge in [0.25, 0.3) is 5.95 Å². The van der Waals surface area contributed by atoms with Gasteiger partial charge in [-0.1, -0.05) is 25.7 Å². The fourth-order valence-corrected chi connectivity index (χ4v) is 4.11. The summed E-state index contributed by atoms with van der Waals surface area (Å²) in [5.74, 6) is 0.964. The third-order valence-electron chi connectivity index (χ3n) is 5.61. The van der Waals surface area contributed by atoms with Gasteiger partial charge in [-0.2, -0.15) is 15.2 Å². The number of rotatable bonds is 6. The van der Waals surface area contributed by atoms with Gasteiger partial charge in [0.2, 0.25) is 5.88 Å². The van der Waals surface area contributed by atoms with E-state index >= 15 is 0 Å². The molecule has 0 spiro atoms. The zero-order chi connectivity index (χ0) is 21.1. The lowest BCUT2D eigenvalue weighted by Gasteiger charge is -2.15. The minimum atomic E-state index is -0.427. The van der Waals surface area contributed by atoms with Crippen molar-refractivity contribution in [2.45, 2.75) is 58.9 Å². The maximum absolute atomic E-state index is 11.9. The van der Waals surface area contributed by atoms with Crippen molar-refractivity contribution in [2.75, 3.05) is 13.7 Å². The van der Waals surface area contributed by atoms with E-state index in [1.165, 1.54) is 49.4 Å². The summed E-state index contributed by atoms with van der Waals surface area (Å²) < 4.78 is 14.1. The molecule has 30 heavy (non-hydrogen) atoms. The van der Waals surface area contributed by atoms with Gasteiger partial charge < -0.3 is 9.47 Å². The molecule has 0 N–H and O–H groups in total. The van der Waals surface area contributed by atoms with Crippen LogP contribution in [0.25, 0.3) is 17.0 Å². The number of fused-ring (bicyclic) bond motifs is 1. The minimum absolute atomic E-state index is 0.305. The Hall–Kier alpha value is -2.97. The van der Waals surface area contributed by atoms with E-state index in [1.54, 1.807) is 20.2 Å². The Labute approximate surface area is 175 Å². The van der Waals surface area contributed by atoms with Gasteiger partial charge in [0, 0.05) is 12.7 Å². The largest absolute Gasteiger partial charge is 0.479 e. The zero-order valence-electron chi connectivity index (χ0n) is 17.8. The van der Waals surface area contributed by atoms with Crippen molar-refractivity contribution in [1.29, 1.82) is 0 Å². The number of methoxy groups -OCH3 is 1. The van der Waals surface area contributed by atoms with Crippen LogP contribution < -0.4 is 4.74 Å². The lowest BCUT2D eigenvalue weighted by Crippen LogP contribution is -2.12. The number of aryl methyl sites for hydroxylation is 1. The second kappa shape index (κ2) is 8.81. The summed E-state index contributed by atoms with van der Waals surface area (Å²) in [4.78, 5) is 21.2. The third-order valence-corrected chi connectivity index (χ3v) is 5.61. The molecule has 0 aliphatic heterocycles. The van der Waals surface area contributed by atoms with Crippen LogP contribution in [0.2, 0.25) is 0 Å². The first-order chi connectivity index (χ1) is 14.6. The summed E-state index contributed by atoms with van der Waals surface area (Å²) in [5.41, 5.74) is 2.71. The summed E-state index contributed by atoms with van der Waals surface area (Å²) in [5, 5.41) is 8.97. The first-order valence-corrected chi connectivity index (χ1v) is 10.6. The number of carbonyl (C=O) groups is 1. The molecule has 0 aromatic carbocycles. The molecule has 0 bridgehead atoms. The summed E-state index contributed by atoms with van der Waals surface area (Å²) in [6.45, 7) is 4.85. The molecule has 160 valence electrons. The van der Waals surface area contributed by atoms with Crippen LogP contribution in [0.15, 0.2) is 12.4 Å². The fraction of sp³-hybridized carbons (Fsp3) is 0.571. The minimum Gasteiger partial charge on any atom is -0.479 e.